The molecule has 4 heteroatoms. The van der Waals surface area contributed by atoms with Crippen molar-refractivity contribution in [2.75, 3.05) is 7.05 Å². The van der Waals surface area contributed by atoms with Crippen LogP contribution in [-0.4, -0.2) is 23.5 Å². The second kappa shape index (κ2) is 5.41. The largest absolute Gasteiger partial charge is 0.327 e. The van der Waals surface area contributed by atoms with Crippen molar-refractivity contribution in [3.05, 3.63) is 59.5 Å². The molecule has 3 nitrogen and oxygen atoms in total. The molecule has 1 aliphatic carbocycles. The van der Waals surface area contributed by atoms with Gasteiger partial charge in [0.1, 0.15) is 0 Å². The fourth-order valence-corrected chi connectivity index (χ4v) is 5.20. The molecule has 0 bridgehead atoms. The minimum atomic E-state index is -0.334. The number of fused-ring (bicyclic) bond motifs is 1. The van der Waals surface area contributed by atoms with E-state index >= 15 is 0 Å². The molecule has 1 aromatic heterocycles. The van der Waals surface area contributed by atoms with Crippen LogP contribution < -0.4 is 5.32 Å². The van der Waals surface area contributed by atoms with Gasteiger partial charge in [0.25, 0.3) is 0 Å². The molecule has 1 saturated heterocycles. The van der Waals surface area contributed by atoms with Crippen molar-refractivity contribution >= 4 is 27.3 Å². The van der Waals surface area contributed by atoms with Gasteiger partial charge in [-0.05, 0) is 65.4 Å². The first-order valence-corrected chi connectivity index (χ1v) is 10.0. The van der Waals surface area contributed by atoms with Gasteiger partial charge in [-0.2, -0.15) is 0 Å². The van der Waals surface area contributed by atoms with Crippen molar-refractivity contribution in [2.45, 2.75) is 37.4 Å². The van der Waals surface area contributed by atoms with E-state index in [2.05, 4.69) is 60.1 Å². The Morgan fingerprint density at radius 2 is 1.88 bits per heavy atom. The van der Waals surface area contributed by atoms with Crippen molar-refractivity contribution in [3.63, 3.8) is 0 Å². The molecule has 1 N–H and O–H groups in total. The van der Waals surface area contributed by atoms with Crippen LogP contribution >= 0.6 is 11.3 Å². The van der Waals surface area contributed by atoms with E-state index in [-0.39, 0.29) is 17.1 Å². The Kier molecular flexibility index (Phi) is 3.34. The van der Waals surface area contributed by atoms with Crippen LogP contribution in [0.5, 0.6) is 0 Å². The number of hydrogen-bond donors (Lipinski definition) is 1. The van der Waals surface area contributed by atoms with Gasteiger partial charge >= 0.3 is 0 Å². The minimum Gasteiger partial charge on any atom is -0.327 e. The van der Waals surface area contributed by atoms with E-state index in [0.717, 1.165) is 12.8 Å². The Balaban J connectivity index is 1.67. The number of rotatable bonds is 2. The van der Waals surface area contributed by atoms with Crippen molar-refractivity contribution in [1.29, 1.82) is 0 Å². The smallest absolute Gasteiger partial charge is 0.225 e. The number of hydrogen-bond acceptors (Lipinski definition) is 3. The molecular weight excluding hydrogens is 340 g/mol. The molecule has 132 valence electrons. The van der Waals surface area contributed by atoms with Crippen LogP contribution in [0, 0.1) is 0 Å². The molecule has 1 spiro atoms. The first-order valence-electron chi connectivity index (χ1n) is 9.14. The molecule has 2 fully saturated rings. The van der Waals surface area contributed by atoms with Crippen molar-refractivity contribution in [1.82, 2.24) is 10.2 Å². The lowest BCUT2D eigenvalue weighted by molar-refractivity contribution is -0.140. The molecule has 3 aromatic rings. The van der Waals surface area contributed by atoms with Crippen LogP contribution in [0.4, 0.5) is 0 Å². The average Bonchev–Trinajstić information content (AvgIpc) is 3.24. The molecule has 1 aliphatic heterocycles. The highest BCUT2D eigenvalue weighted by Crippen LogP contribution is 2.47. The van der Waals surface area contributed by atoms with E-state index in [0.29, 0.717) is 6.42 Å². The number of thiophene rings is 1. The molecule has 1 amide bonds. The third kappa shape index (κ3) is 2.32. The summed E-state index contributed by atoms with van der Waals surface area (Å²) in [4.78, 5) is 14.6. The summed E-state index contributed by atoms with van der Waals surface area (Å²) in [6.07, 6.45) is 2.57. The van der Waals surface area contributed by atoms with E-state index in [1.165, 1.54) is 26.8 Å². The maximum Gasteiger partial charge on any atom is 0.225 e. The first kappa shape index (κ1) is 16.0. The number of carbonyl (C=O) groups excluding carboxylic acids is 1. The molecule has 0 radical (unpaired) electrons. The van der Waals surface area contributed by atoms with E-state index in [9.17, 15) is 4.79 Å². The quantitative estimate of drug-likeness (QED) is 0.715. The standard InChI is InChI=1S/C22H22N2OS/c1-21(14-19(25)24(2)22(23-21)9-10-22)17-12-16-8-11-26-20(16)18(13-17)15-6-4-3-5-7-15/h3-8,11-13,23H,9-10,14H2,1-2H3/t21-/m0/s1. The molecule has 26 heavy (non-hydrogen) atoms. The molecule has 5 rings (SSSR count). The number of benzene rings is 2. The zero-order valence-corrected chi connectivity index (χ0v) is 15.9. The summed E-state index contributed by atoms with van der Waals surface area (Å²) in [5.74, 6) is 0.232. The Hall–Kier alpha value is -2.17. The third-order valence-electron chi connectivity index (χ3n) is 6.03. The number of carbonyl (C=O) groups is 1. The first-order chi connectivity index (χ1) is 12.5. The lowest BCUT2D eigenvalue weighted by Gasteiger charge is -2.45. The van der Waals surface area contributed by atoms with Gasteiger partial charge in [-0.1, -0.05) is 30.3 Å². The maximum atomic E-state index is 12.7. The number of nitrogens with zero attached hydrogens (tertiary/aromatic N) is 1. The van der Waals surface area contributed by atoms with Crippen LogP contribution in [0.25, 0.3) is 21.2 Å². The molecule has 1 saturated carbocycles. The number of nitrogens with one attached hydrogen (secondary N) is 1. The molecule has 2 aromatic carbocycles. The summed E-state index contributed by atoms with van der Waals surface area (Å²) in [6, 6.07) is 17.3. The van der Waals surface area contributed by atoms with Crippen LogP contribution in [0.3, 0.4) is 0 Å². The van der Waals surface area contributed by atoms with Gasteiger partial charge in [0, 0.05) is 18.2 Å². The third-order valence-corrected chi connectivity index (χ3v) is 6.99. The van der Waals surface area contributed by atoms with Crippen LogP contribution in [0.15, 0.2) is 53.9 Å². The minimum absolute atomic E-state index is 0.138. The molecule has 2 heterocycles. The fraction of sp³-hybridized carbons (Fsp3) is 0.318. The zero-order chi connectivity index (χ0) is 17.9. The van der Waals surface area contributed by atoms with Crippen LogP contribution in [0.1, 0.15) is 31.7 Å². The lowest BCUT2D eigenvalue weighted by Crippen LogP contribution is -2.62. The highest BCUT2D eigenvalue weighted by atomic mass is 32.1. The topological polar surface area (TPSA) is 32.3 Å². The molecular formula is C22H22N2OS. The summed E-state index contributed by atoms with van der Waals surface area (Å²) in [5, 5.41) is 7.23. The van der Waals surface area contributed by atoms with Crippen molar-refractivity contribution in [2.24, 2.45) is 0 Å². The summed E-state index contributed by atoms with van der Waals surface area (Å²) in [6.45, 7) is 2.18. The van der Waals surface area contributed by atoms with E-state index in [1.807, 2.05) is 18.0 Å². The molecule has 1 atom stereocenters. The van der Waals surface area contributed by atoms with E-state index in [4.69, 9.17) is 0 Å². The zero-order valence-electron chi connectivity index (χ0n) is 15.1. The van der Waals surface area contributed by atoms with Gasteiger partial charge in [0.15, 0.2) is 0 Å². The van der Waals surface area contributed by atoms with E-state index in [1.54, 1.807) is 11.3 Å². The summed E-state index contributed by atoms with van der Waals surface area (Å²) < 4.78 is 1.31. The maximum absolute atomic E-state index is 12.7. The highest BCUT2D eigenvalue weighted by Gasteiger charge is 2.56. The average molecular weight is 362 g/mol. The van der Waals surface area contributed by atoms with Crippen LogP contribution in [-0.2, 0) is 10.3 Å². The predicted octanol–water partition coefficient (Wildman–Crippen LogP) is 4.73. The van der Waals surface area contributed by atoms with Crippen molar-refractivity contribution < 1.29 is 4.79 Å². The Bertz CT molecular complexity index is 1010. The van der Waals surface area contributed by atoms with Gasteiger partial charge in [-0.15, -0.1) is 11.3 Å². The molecule has 0 unspecified atom stereocenters. The monoisotopic (exact) mass is 362 g/mol. The Labute approximate surface area is 157 Å². The Morgan fingerprint density at radius 1 is 1.12 bits per heavy atom. The van der Waals surface area contributed by atoms with Gasteiger partial charge in [-0.3, -0.25) is 10.1 Å². The second-order valence-corrected chi connectivity index (χ2v) is 8.76. The van der Waals surface area contributed by atoms with E-state index < -0.39 is 0 Å². The van der Waals surface area contributed by atoms with Gasteiger partial charge in [-0.25, -0.2) is 0 Å². The van der Waals surface area contributed by atoms with Gasteiger partial charge in [0.05, 0.1) is 11.2 Å². The van der Waals surface area contributed by atoms with Gasteiger partial charge in [0.2, 0.25) is 5.91 Å². The normalized spacial score (nSPS) is 24.4. The van der Waals surface area contributed by atoms with Gasteiger partial charge < -0.3 is 4.90 Å². The predicted molar refractivity (Wildman–Crippen MR) is 107 cm³/mol. The van der Waals surface area contributed by atoms with Crippen molar-refractivity contribution in [3.8, 4) is 11.1 Å². The SMILES string of the molecule is CN1C(=O)C[C@@](C)(c2cc(-c3ccccc3)c3sccc3c2)NC12CC2. The summed E-state index contributed by atoms with van der Waals surface area (Å²) >= 11 is 1.78. The summed E-state index contributed by atoms with van der Waals surface area (Å²) in [5.41, 5.74) is 3.22. The summed E-state index contributed by atoms with van der Waals surface area (Å²) in [7, 11) is 1.93. The Morgan fingerprint density at radius 3 is 2.62 bits per heavy atom. The fourth-order valence-electron chi connectivity index (χ4n) is 4.29. The lowest BCUT2D eigenvalue weighted by atomic mass is 9.83. The van der Waals surface area contributed by atoms with Crippen LogP contribution in [0.2, 0.25) is 0 Å². The molecule has 2 aliphatic rings. The number of amides is 1. The highest BCUT2D eigenvalue weighted by molar-refractivity contribution is 7.17. The second-order valence-electron chi connectivity index (χ2n) is 7.85.